The second kappa shape index (κ2) is 6.63. The highest BCUT2D eigenvalue weighted by Gasteiger charge is 2.20. The largest absolute Gasteiger partial charge is 0.387 e. The fourth-order valence-electron chi connectivity index (χ4n) is 1.82. The van der Waals surface area contributed by atoms with Crippen molar-refractivity contribution in [2.75, 3.05) is 19.6 Å². The topological polar surface area (TPSA) is 61.4 Å². The molecule has 1 unspecified atom stereocenters. The Morgan fingerprint density at radius 2 is 2.26 bits per heavy atom. The molecule has 3 N–H and O–H groups in total. The van der Waals surface area contributed by atoms with E-state index in [9.17, 15) is 14.3 Å². The van der Waals surface area contributed by atoms with Crippen LogP contribution >= 0.6 is 0 Å². The summed E-state index contributed by atoms with van der Waals surface area (Å²) in [6, 6.07) is 5.75. The molecule has 1 aromatic rings. The van der Waals surface area contributed by atoms with Crippen molar-refractivity contribution in [1.29, 1.82) is 0 Å². The molecule has 1 atom stereocenters. The van der Waals surface area contributed by atoms with E-state index >= 15 is 0 Å². The fraction of sp³-hybridized carbons (Fsp3) is 0.500. The zero-order valence-electron chi connectivity index (χ0n) is 10.7. The first-order valence-corrected chi connectivity index (χ1v) is 6.56. The van der Waals surface area contributed by atoms with Gasteiger partial charge in [0, 0.05) is 6.54 Å². The first-order valence-electron chi connectivity index (χ1n) is 6.56. The van der Waals surface area contributed by atoms with Gasteiger partial charge in [-0.3, -0.25) is 4.79 Å². The lowest BCUT2D eigenvalue weighted by Gasteiger charge is -2.12. The summed E-state index contributed by atoms with van der Waals surface area (Å²) in [7, 11) is 0. The van der Waals surface area contributed by atoms with Crippen LogP contribution in [-0.4, -0.2) is 30.6 Å². The first-order chi connectivity index (χ1) is 9.15. The van der Waals surface area contributed by atoms with Gasteiger partial charge in [0.2, 0.25) is 5.91 Å². The lowest BCUT2D eigenvalue weighted by atomic mass is 10.1. The Hall–Kier alpha value is -1.46. The normalized spacial score (nSPS) is 16.1. The smallest absolute Gasteiger partial charge is 0.234 e. The van der Waals surface area contributed by atoms with Gasteiger partial charge in [-0.2, -0.15) is 0 Å². The Kier molecular flexibility index (Phi) is 4.87. The Labute approximate surface area is 112 Å². The monoisotopic (exact) mass is 266 g/mol. The summed E-state index contributed by atoms with van der Waals surface area (Å²) in [6.45, 7) is 1.22. The first kappa shape index (κ1) is 14.0. The molecule has 1 amide bonds. The number of amides is 1. The molecule has 0 aromatic heterocycles. The molecule has 0 aliphatic heterocycles. The molecule has 1 fully saturated rings. The number of benzene rings is 1. The van der Waals surface area contributed by atoms with E-state index in [-0.39, 0.29) is 19.0 Å². The van der Waals surface area contributed by atoms with Crippen molar-refractivity contribution in [3.05, 3.63) is 35.6 Å². The summed E-state index contributed by atoms with van der Waals surface area (Å²) in [5.74, 6) is 0.177. The number of aliphatic hydroxyl groups is 1. The molecule has 0 saturated heterocycles. The average molecular weight is 266 g/mol. The van der Waals surface area contributed by atoms with Gasteiger partial charge < -0.3 is 15.7 Å². The van der Waals surface area contributed by atoms with Gasteiger partial charge in [-0.1, -0.05) is 12.1 Å². The van der Waals surface area contributed by atoms with Gasteiger partial charge in [-0.15, -0.1) is 0 Å². The fourth-order valence-corrected chi connectivity index (χ4v) is 1.82. The lowest BCUT2D eigenvalue weighted by Crippen LogP contribution is -2.36. The van der Waals surface area contributed by atoms with Gasteiger partial charge in [0.25, 0.3) is 0 Å². The molecule has 1 aliphatic rings. The molecule has 5 heteroatoms. The molecular formula is C14H19FN2O2. The van der Waals surface area contributed by atoms with Crippen molar-refractivity contribution in [1.82, 2.24) is 10.6 Å². The van der Waals surface area contributed by atoms with Crippen LogP contribution in [0.2, 0.25) is 0 Å². The quantitative estimate of drug-likeness (QED) is 0.689. The van der Waals surface area contributed by atoms with Crippen LogP contribution in [0.25, 0.3) is 0 Å². The van der Waals surface area contributed by atoms with Crippen molar-refractivity contribution in [2.24, 2.45) is 5.92 Å². The molecular weight excluding hydrogens is 247 g/mol. The van der Waals surface area contributed by atoms with Crippen molar-refractivity contribution in [3.8, 4) is 0 Å². The van der Waals surface area contributed by atoms with Gasteiger partial charge in [-0.25, -0.2) is 4.39 Å². The summed E-state index contributed by atoms with van der Waals surface area (Å²) in [5.41, 5.74) is 0.464. The van der Waals surface area contributed by atoms with E-state index in [1.165, 1.54) is 31.0 Å². The van der Waals surface area contributed by atoms with Crippen molar-refractivity contribution < 1.29 is 14.3 Å². The third kappa shape index (κ3) is 4.96. The number of halogens is 1. The predicted octanol–water partition coefficient (Wildman–Crippen LogP) is 0.975. The van der Waals surface area contributed by atoms with E-state index in [4.69, 9.17) is 0 Å². The molecule has 104 valence electrons. The molecule has 19 heavy (non-hydrogen) atoms. The van der Waals surface area contributed by atoms with Crippen LogP contribution in [0, 0.1) is 11.7 Å². The van der Waals surface area contributed by atoms with Crippen molar-refractivity contribution >= 4 is 5.91 Å². The number of carbonyl (C=O) groups excluding carboxylic acids is 1. The van der Waals surface area contributed by atoms with Gasteiger partial charge >= 0.3 is 0 Å². The standard InChI is InChI=1S/C14H19FN2O2/c15-12-3-1-2-11(6-12)13(18)8-17-14(19)9-16-7-10-4-5-10/h1-3,6,10,13,16,18H,4-5,7-9H2,(H,17,19). The Balaban J connectivity index is 1.67. The molecule has 1 saturated carbocycles. The zero-order valence-corrected chi connectivity index (χ0v) is 10.7. The van der Waals surface area contributed by atoms with Crippen LogP contribution in [0.3, 0.4) is 0 Å². The molecule has 1 aromatic carbocycles. The van der Waals surface area contributed by atoms with Gasteiger partial charge in [0.05, 0.1) is 12.6 Å². The van der Waals surface area contributed by atoms with Crippen LogP contribution in [0.4, 0.5) is 4.39 Å². The van der Waals surface area contributed by atoms with E-state index in [1.54, 1.807) is 6.07 Å². The Morgan fingerprint density at radius 3 is 2.95 bits per heavy atom. The zero-order chi connectivity index (χ0) is 13.7. The van der Waals surface area contributed by atoms with Gasteiger partial charge in [-0.05, 0) is 43.0 Å². The summed E-state index contributed by atoms with van der Waals surface area (Å²) < 4.78 is 13.0. The number of hydrogen-bond donors (Lipinski definition) is 3. The number of carbonyl (C=O) groups is 1. The minimum Gasteiger partial charge on any atom is -0.387 e. The molecule has 0 radical (unpaired) electrons. The third-order valence-electron chi connectivity index (χ3n) is 3.14. The van der Waals surface area contributed by atoms with E-state index in [0.29, 0.717) is 5.56 Å². The Morgan fingerprint density at radius 1 is 1.47 bits per heavy atom. The second-order valence-electron chi connectivity index (χ2n) is 4.95. The molecule has 0 heterocycles. The SMILES string of the molecule is O=C(CNCC1CC1)NCC(O)c1cccc(F)c1. The molecule has 1 aliphatic carbocycles. The summed E-state index contributed by atoms with van der Waals surface area (Å²) in [4.78, 5) is 11.5. The molecule has 0 bridgehead atoms. The van der Waals surface area contributed by atoms with Crippen LogP contribution in [0.5, 0.6) is 0 Å². The van der Waals surface area contributed by atoms with E-state index < -0.39 is 11.9 Å². The highest BCUT2D eigenvalue weighted by Crippen LogP contribution is 2.27. The number of hydrogen-bond acceptors (Lipinski definition) is 3. The van der Waals surface area contributed by atoms with Crippen LogP contribution in [0.15, 0.2) is 24.3 Å². The van der Waals surface area contributed by atoms with E-state index in [0.717, 1.165) is 12.5 Å². The summed E-state index contributed by atoms with van der Waals surface area (Å²) in [6.07, 6.45) is 1.60. The number of rotatable bonds is 7. The average Bonchev–Trinajstić information content (AvgIpc) is 3.20. The molecule has 2 rings (SSSR count). The maximum atomic E-state index is 13.0. The van der Waals surface area contributed by atoms with Crippen molar-refractivity contribution in [3.63, 3.8) is 0 Å². The Bertz CT molecular complexity index is 435. The minimum absolute atomic E-state index is 0.0907. The number of nitrogens with one attached hydrogen (secondary N) is 2. The van der Waals surface area contributed by atoms with E-state index in [2.05, 4.69) is 10.6 Å². The van der Waals surface area contributed by atoms with Gasteiger partial charge in [0.15, 0.2) is 0 Å². The highest BCUT2D eigenvalue weighted by molar-refractivity contribution is 5.78. The lowest BCUT2D eigenvalue weighted by molar-refractivity contribution is -0.120. The van der Waals surface area contributed by atoms with Crippen LogP contribution in [-0.2, 0) is 4.79 Å². The predicted molar refractivity (Wildman–Crippen MR) is 70.0 cm³/mol. The van der Waals surface area contributed by atoms with Crippen LogP contribution in [0.1, 0.15) is 24.5 Å². The number of aliphatic hydroxyl groups excluding tert-OH is 1. The highest BCUT2D eigenvalue weighted by atomic mass is 19.1. The molecule has 0 spiro atoms. The van der Waals surface area contributed by atoms with Crippen LogP contribution < -0.4 is 10.6 Å². The van der Waals surface area contributed by atoms with Crippen molar-refractivity contribution in [2.45, 2.75) is 18.9 Å². The van der Waals surface area contributed by atoms with E-state index in [1.807, 2.05) is 0 Å². The molecule has 4 nitrogen and oxygen atoms in total. The third-order valence-corrected chi connectivity index (χ3v) is 3.14. The maximum Gasteiger partial charge on any atom is 0.234 e. The minimum atomic E-state index is -0.886. The second-order valence-corrected chi connectivity index (χ2v) is 4.95. The van der Waals surface area contributed by atoms with Gasteiger partial charge in [0.1, 0.15) is 5.82 Å². The summed E-state index contributed by atoms with van der Waals surface area (Å²) >= 11 is 0. The summed E-state index contributed by atoms with van der Waals surface area (Å²) in [5, 5.41) is 15.5. The maximum absolute atomic E-state index is 13.0.